The molecule has 0 fully saturated rings. The van der Waals surface area contributed by atoms with Gasteiger partial charge in [0.05, 0.1) is 38.7 Å². The number of nitrogens with one attached hydrogen (secondary N) is 2. The monoisotopic (exact) mass is 470 g/mol. The molecule has 1 aliphatic heterocycles. The summed E-state index contributed by atoms with van der Waals surface area (Å²) in [6.07, 6.45) is 1.09. The number of hydrogen-bond donors (Lipinski definition) is 2. The summed E-state index contributed by atoms with van der Waals surface area (Å²) in [4.78, 5) is 13.8. The number of methoxy groups -OCH3 is 3. The molecule has 6 heteroatoms. The topological polar surface area (TPSA) is 68.8 Å². The van der Waals surface area contributed by atoms with E-state index in [9.17, 15) is 4.79 Å². The van der Waals surface area contributed by atoms with Crippen molar-refractivity contribution < 1.29 is 19.0 Å². The lowest BCUT2D eigenvalue weighted by atomic mass is 9.78. The van der Waals surface area contributed by atoms with Gasteiger partial charge in [0.2, 0.25) is 5.75 Å². The number of ether oxygens (including phenoxy) is 3. The molecule has 0 saturated heterocycles. The smallest absolute Gasteiger partial charge is 0.203 e. The van der Waals surface area contributed by atoms with E-state index in [-0.39, 0.29) is 17.7 Å². The number of aryl methyl sites for hydroxylation is 1. The molecule has 2 N–H and O–H groups in total. The Balaban J connectivity index is 1.59. The van der Waals surface area contributed by atoms with Crippen LogP contribution in [0.5, 0.6) is 17.2 Å². The third kappa shape index (κ3) is 4.20. The zero-order chi connectivity index (χ0) is 24.5. The minimum atomic E-state index is -0.227. The molecule has 0 aromatic heterocycles. The number of benzene rings is 3. The first-order valence-electron chi connectivity index (χ1n) is 11.8. The van der Waals surface area contributed by atoms with Crippen molar-refractivity contribution in [1.82, 2.24) is 0 Å². The van der Waals surface area contributed by atoms with E-state index < -0.39 is 0 Å². The van der Waals surface area contributed by atoms with Crippen molar-refractivity contribution >= 4 is 17.2 Å². The molecule has 1 heterocycles. The number of allylic oxidation sites excluding steroid dienone is 1. The van der Waals surface area contributed by atoms with Crippen LogP contribution in [0.3, 0.4) is 0 Å². The Morgan fingerprint density at radius 2 is 1.46 bits per heavy atom. The van der Waals surface area contributed by atoms with Gasteiger partial charge in [-0.2, -0.15) is 0 Å². The van der Waals surface area contributed by atoms with Gasteiger partial charge in [0.1, 0.15) is 0 Å². The van der Waals surface area contributed by atoms with E-state index in [1.54, 1.807) is 21.3 Å². The van der Waals surface area contributed by atoms with E-state index in [1.807, 2.05) is 36.4 Å². The van der Waals surface area contributed by atoms with Gasteiger partial charge in [-0.1, -0.05) is 42.0 Å². The number of fused-ring (bicyclic) bond motifs is 1. The van der Waals surface area contributed by atoms with E-state index >= 15 is 0 Å². The van der Waals surface area contributed by atoms with E-state index in [0.717, 1.165) is 33.8 Å². The number of para-hydroxylation sites is 2. The standard InChI is InChI=1S/C29H30N2O4/c1-17-9-11-18(12-10-17)28-27-23(30-21-7-5-6-8-22(21)31-28)13-19(14-24(27)32)20-15-25(33-2)29(35-4)26(16-20)34-3/h5-12,15-16,19,28,30-31H,13-14H2,1-4H3. The first kappa shape index (κ1) is 22.8. The first-order chi connectivity index (χ1) is 17.0. The highest BCUT2D eigenvalue weighted by molar-refractivity contribution is 6.01. The summed E-state index contributed by atoms with van der Waals surface area (Å²) in [5, 5.41) is 7.22. The normalized spacial score (nSPS) is 19.0. The molecule has 0 amide bonds. The quantitative estimate of drug-likeness (QED) is 0.477. The van der Waals surface area contributed by atoms with Crippen LogP contribution in [0.4, 0.5) is 11.4 Å². The van der Waals surface area contributed by atoms with Crippen LogP contribution in [-0.2, 0) is 4.79 Å². The number of anilines is 2. The highest BCUT2D eigenvalue weighted by Gasteiger charge is 2.36. The fraction of sp³-hybridized carbons (Fsp3) is 0.276. The Kier molecular flexibility index (Phi) is 6.12. The second-order valence-electron chi connectivity index (χ2n) is 9.04. The summed E-state index contributed by atoms with van der Waals surface area (Å²) in [5.74, 6) is 1.83. The maximum atomic E-state index is 13.8. The van der Waals surface area contributed by atoms with Crippen LogP contribution >= 0.6 is 0 Å². The van der Waals surface area contributed by atoms with Gasteiger partial charge in [-0.15, -0.1) is 0 Å². The van der Waals surface area contributed by atoms with Gasteiger partial charge in [-0.25, -0.2) is 0 Å². The van der Waals surface area contributed by atoms with Crippen molar-refractivity contribution in [3.63, 3.8) is 0 Å². The minimum absolute atomic E-state index is 0.0219. The summed E-state index contributed by atoms with van der Waals surface area (Å²) in [5.41, 5.74) is 6.93. The lowest BCUT2D eigenvalue weighted by molar-refractivity contribution is -0.116. The third-order valence-electron chi connectivity index (χ3n) is 6.88. The van der Waals surface area contributed by atoms with Crippen molar-refractivity contribution in [1.29, 1.82) is 0 Å². The summed E-state index contributed by atoms with van der Waals surface area (Å²) >= 11 is 0. The van der Waals surface area contributed by atoms with Crippen molar-refractivity contribution in [3.8, 4) is 17.2 Å². The molecule has 180 valence electrons. The van der Waals surface area contributed by atoms with Crippen LogP contribution in [0.15, 0.2) is 71.9 Å². The van der Waals surface area contributed by atoms with Crippen LogP contribution < -0.4 is 24.8 Å². The second kappa shape index (κ2) is 9.37. The predicted molar refractivity (Wildman–Crippen MR) is 138 cm³/mol. The van der Waals surface area contributed by atoms with E-state index in [1.165, 1.54) is 5.56 Å². The van der Waals surface area contributed by atoms with E-state index in [2.05, 4.69) is 41.8 Å². The molecule has 0 bridgehead atoms. The van der Waals surface area contributed by atoms with Crippen molar-refractivity contribution in [2.75, 3.05) is 32.0 Å². The maximum absolute atomic E-state index is 13.8. The van der Waals surface area contributed by atoms with Crippen LogP contribution in [0.2, 0.25) is 0 Å². The number of hydrogen-bond acceptors (Lipinski definition) is 6. The molecule has 0 saturated carbocycles. The molecule has 0 spiro atoms. The third-order valence-corrected chi connectivity index (χ3v) is 6.88. The van der Waals surface area contributed by atoms with Gasteiger partial charge in [-0.05, 0) is 54.7 Å². The predicted octanol–water partition coefficient (Wildman–Crippen LogP) is 6.00. The van der Waals surface area contributed by atoms with Gasteiger partial charge in [0, 0.05) is 17.7 Å². The Bertz CT molecular complexity index is 1270. The molecule has 1 aliphatic carbocycles. The van der Waals surface area contributed by atoms with Gasteiger partial charge >= 0.3 is 0 Å². The average molecular weight is 471 g/mol. The molecule has 2 unspecified atom stereocenters. The van der Waals surface area contributed by atoms with Gasteiger partial charge in [-0.3, -0.25) is 4.79 Å². The zero-order valence-corrected chi connectivity index (χ0v) is 20.5. The number of rotatable bonds is 5. The largest absolute Gasteiger partial charge is 0.493 e. The van der Waals surface area contributed by atoms with Crippen molar-refractivity contribution in [2.24, 2.45) is 0 Å². The summed E-state index contributed by atoms with van der Waals surface area (Å²) in [6, 6.07) is 20.1. The summed E-state index contributed by atoms with van der Waals surface area (Å²) in [7, 11) is 4.80. The Morgan fingerprint density at radius 1 is 0.800 bits per heavy atom. The van der Waals surface area contributed by atoms with Crippen LogP contribution in [0.25, 0.3) is 0 Å². The Labute approximate surface area is 205 Å². The number of carbonyl (C=O) groups excluding carboxylic acids is 1. The molecule has 3 aromatic rings. The molecule has 2 aliphatic rings. The fourth-order valence-electron chi connectivity index (χ4n) is 5.07. The highest BCUT2D eigenvalue weighted by Crippen LogP contribution is 2.47. The van der Waals surface area contributed by atoms with Crippen molar-refractivity contribution in [2.45, 2.75) is 31.7 Å². The number of ketones is 1. The summed E-state index contributed by atoms with van der Waals surface area (Å²) in [6.45, 7) is 2.07. The first-order valence-corrected chi connectivity index (χ1v) is 11.8. The molecule has 6 nitrogen and oxygen atoms in total. The van der Waals surface area contributed by atoms with Gasteiger partial charge in [0.15, 0.2) is 17.3 Å². The lowest BCUT2D eigenvalue weighted by Gasteiger charge is -2.30. The Hall–Kier alpha value is -3.93. The Morgan fingerprint density at radius 3 is 2.09 bits per heavy atom. The van der Waals surface area contributed by atoms with Crippen LogP contribution in [-0.4, -0.2) is 27.1 Å². The average Bonchev–Trinajstić information content (AvgIpc) is 3.05. The van der Waals surface area contributed by atoms with Gasteiger partial charge < -0.3 is 24.8 Å². The molecular weight excluding hydrogens is 440 g/mol. The number of Topliss-reactive ketones (excluding diaryl/α,β-unsaturated/α-hetero) is 1. The molecule has 2 atom stereocenters. The van der Waals surface area contributed by atoms with Crippen LogP contribution in [0, 0.1) is 6.92 Å². The lowest BCUT2D eigenvalue weighted by Crippen LogP contribution is -2.27. The minimum Gasteiger partial charge on any atom is -0.493 e. The maximum Gasteiger partial charge on any atom is 0.203 e. The van der Waals surface area contributed by atoms with Gasteiger partial charge in [0.25, 0.3) is 0 Å². The molecular formula is C29H30N2O4. The SMILES string of the molecule is COc1cc(C2CC(=O)C3=C(C2)Nc2ccccc2NC3c2ccc(C)cc2)cc(OC)c1OC. The zero-order valence-electron chi connectivity index (χ0n) is 20.5. The second-order valence-corrected chi connectivity index (χ2v) is 9.04. The van der Waals surface area contributed by atoms with Crippen molar-refractivity contribution in [3.05, 3.63) is 88.6 Å². The molecule has 5 rings (SSSR count). The fourth-order valence-corrected chi connectivity index (χ4v) is 5.07. The molecule has 0 radical (unpaired) electrons. The highest BCUT2D eigenvalue weighted by atomic mass is 16.5. The van der Waals surface area contributed by atoms with Crippen LogP contribution in [0.1, 0.15) is 41.5 Å². The molecule has 35 heavy (non-hydrogen) atoms. The number of carbonyl (C=O) groups is 1. The molecule has 3 aromatic carbocycles. The van der Waals surface area contributed by atoms with E-state index in [4.69, 9.17) is 14.2 Å². The summed E-state index contributed by atoms with van der Waals surface area (Å²) < 4.78 is 16.6. The van der Waals surface area contributed by atoms with E-state index in [0.29, 0.717) is 30.1 Å².